The molecule has 0 aromatic carbocycles. The molecule has 0 fully saturated rings. The van der Waals surface area contributed by atoms with Gasteiger partial charge in [-0.2, -0.15) is 10.5 Å². The van der Waals surface area contributed by atoms with Gasteiger partial charge < -0.3 is 15.2 Å². The quantitative estimate of drug-likeness (QED) is 0.864. The van der Waals surface area contributed by atoms with Crippen LogP contribution in [-0.2, 0) is 20.0 Å². The lowest BCUT2D eigenvalue weighted by Gasteiger charge is -2.27. The number of aromatic nitrogens is 1. The molecule has 0 aliphatic carbocycles. The molecule has 0 atom stereocenters. The number of carbonyl (C=O) groups is 1. The number of rotatable bonds is 1. The van der Waals surface area contributed by atoms with E-state index in [1.807, 2.05) is 6.07 Å². The third-order valence-electron chi connectivity index (χ3n) is 3.84. The first kappa shape index (κ1) is 14.2. The van der Waals surface area contributed by atoms with Crippen LogP contribution >= 0.6 is 11.3 Å². The SMILES string of the molecule is Cn1cc(C#N)cc1C(=O)N1CCc2c(sc(N)c2C#N)C1. The summed E-state index contributed by atoms with van der Waals surface area (Å²) in [5.74, 6) is -0.111. The molecule has 2 aromatic heterocycles. The van der Waals surface area contributed by atoms with Crippen molar-refractivity contribution in [1.29, 1.82) is 10.5 Å². The molecule has 7 heteroatoms. The van der Waals surface area contributed by atoms with Crippen LogP contribution in [0.3, 0.4) is 0 Å². The Morgan fingerprint density at radius 3 is 2.82 bits per heavy atom. The average Bonchev–Trinajstić information content (AvgIpc) is 3.04. The van der Waals surface area contributed by atoms with Crippen molar-refractivity contribution in [3.8, 4) is 12.1 Å². The monoisotopic (exact) mass is 311 g/mol. The summed E-state index contributed by atoms with van der Waals surface area (Å²) in [6, 6.07) is 5.78. The number of carbonyl (C=O) groups excluding carboxylic acids is 1. The number of hydrogen-bond acceptors (Lipinski definition) is 5. The molecule has 0 radical (unpaired) electrons. The molecule has 3 rings (SSSR count). The summed E-state index contributed by atoms with van der Waals surface area (Å²) in [5, 5.41) is 18.6. The first-order valence-electron chi connectivity index (χ1n) is 6.71. The molecule has 0 saturated carbocycles. The number of anilines is 1. The van der Waals surface area contributed by atoms with Gasteiger partial charge in [-0.15, -0.1) is 11.3 Å². The van der Waals surface area contributed by atoms with E-state index in [0.29, 0.717) is 41.3 Å². The maximum atomic E-state index is 12.6. The highest BCUT2D eigenvalue weighted by Crippen LogP contribution is 2.34. The Balaban J connectivity index is 1.89. The molecule has 0 saturated heterocycles. The standard InChI is InChI=1S/C15H13N5OS/c1-19-7-9(5-16)4-12(19)15(21)20-3-2-10-11(6-17)14(18)22-13(10)8-20/h4,7H,2-3,8,18H2,1H3. The van der Waals surface area contributed by atoms with Crippen LogP contribution in [0.25, 0.3) is 0 Å². The second-order valence-electron chi connectivity index (χ2n) is 5.17. The van der Waals surface area contributed by atoms with E-state index in [4.69, 9.17) is 16.3 Å². The molecule has 0 bridgehead atoms. The van der Waals surface area contributed by atoms with Crippen LogP contribution in [0.4, 0.5) is 5.00 Å². The van der Waals surface area contributed by atoms with E-state index < -0.39 is 0 Å². The summed E-state index contributed by atoms with van der Waals surface area (Å²) in [7, 11) is 1.75. The molecule has 0 unspecified atom stereocenters. The second-order valence-corrected chi connectivity index (χ2v) is 6.31. The summed E-state index contributed by atoms with van der Waals surface area (Å²) in [5.41, 5.74) is 8.35. The van der Waals surface area contributed by atoms with E-state index in [9.17, 15) is 4.79 Å². The summed E-state index contributed by atoms with van der Waals surface area (Å²) >= 11 is 1.37. The number of nitrogens with zero attached hydrogens (tertiary/aromatic N) is 4. The molecule has 3 heterocycles. The molecule has 0 spiro atoms. The third-order valence-corrected chi connectivity index (χ3v) is 4.88. The highest BCUT2D eigenvalue weighted by atomic mass is 32.1. The van der Waals surface area contributed by atoms with Gasteiger partial charge in [-0.25, -0.2) is 0 Å². The van der Waals surface area contributed by atoms with Crippen LogP contribution in [0.15, 0.2) is 12.3 Å². The van der Waals surface area contributed by atoms with E-state index in [1.54, 1.807) is 28.8 Å². The molecule has 2 N–H and O–H groups in total. The lowest BCUT2D eigenvalue weighted by molar-refractivity contribution is 0.0727. The molecule has 1 aliphatic heterocycles. The first-order valence-corrected chi connectivity index (χ1v) is 7.52. The minimum absolute atomic E-state index is 0.111. The van der Waals surface area contributed by atoms with E-state index in [-0.39, 0.29) is 5.91 Å². The smallest absolute Gasteiger partial charge is 0.270 e. The molecular formula is C15H13N5OS. The number of thiophene rings is 1. The van der Waals surface area contributed by atoms with Gasteiger partial charge in [0, 0.05) is 24.7 Å². The van der Waals surface area contributed by atoms with Crippen molar-refractivity contribution in [3.05, 3.63) is 39.5 Å². The van der Waals surface area contributed by atoms with Crippen molar-refractivity contribution in [3.63, 3.8) is 0 Å². The molecule has 1 amide bonds. The maximum Gasteiger partial charge on any atom is 0.270 e. The van der Waals surface area contributed by atoms with Crippen LogP contribution in [0.5, 0.6) is 0 Å². The van der Waals surface area contributed by atoms with Crippen molar-refractivity contribution in [2.24, 2.45) is 7.05 Å². The zero-order valence-corrected chi connectivity index (χ0v) is 12.8. The van der Waals surface area contributed by atoms with Gasteiger partial charge >= 0.3 is 0 Å². The zero-order chi connectivity index (χ0) is 15.9. The molecule has 110 valence electrons. The lowest BCUT2D eigenvalue weighted by atomic mass is 10.0. The number of fused-ring (bicyclic) bond motifs is 1. The van der Waals surface area contributed by atoms with E-state index >= 15 is 0 Å². The van der Waals surface area contributed by atoms with Crippen LogP contribution in [0, 0.1) is 22.7 Å². The minimum atomic E-state index is -0.111. The molecular weight excluding hydrogens is 298 g/mol. The van der Waals surface area contributed by atoms with E-state index in [0.717, 1.165) is 10.4 Å². The number of nitrogen functional groups attached to an aromatic ring is 1. The van der Waals surface area contributed by atoms with Gasteiger partial charge in [0.1, 0.15) is 22.8 Å². The largest absolute Gasteiger partial charge is 0.389 e. The van der Waals surface area contributed by atoms with Gasteiger partial charge in [-0.05, 0) is 18.1 Å². The fourth-order valence-electron chi connectivity index (χ4n) is 2.72. The first-order chi connectivity index (χ1) is 10.5. The van der Waals surface area contributed by atoms with Crippen molar-refractivity contribution < 1.29 is 4.79 Å². The average molecular weight is 311 g/mol. The van der Waals surface area contributed by atoms with E-state index in [2.05, 4.69) is 6.07 Å². The van der Waals surface area contributed by atoms with Crippen LogP contribution in [0.1, 0.15) is 32.1 Å². The Hall–Kier alpha value is -2.77. The van der Waals surface area contributed by atoms with Gasteiger partial charge in [0.2, 0.25) is 0 Å². The highest BCUT2D eigenvalue weighted by molar-refractivity contribution is 7.16. The topological polar surface area (TPSA) is 98.8 Å². The molecule has 22 heavy (non-hydrogen) atoms. The predicted molar refractivity (Wildman–Crippen MR) is 82.0 cm³/mol. The fraction of sp³-hybridized carbons (Fsp3) is 0.267. The Morgan fingerprint density at radius 1 is 1.41 bits per heavy atom. The van der Waals surface area contributed by atoms with Crippen molar-refractivity contribution in [1.82, 2.24) is 9.47 Å². The summed E-state index contributed by atoms with van der Waals surface area (Å²) in [4.78, 5) is 15.3. The summed E-state index contributed by atoms with van der Waals surface area (Å²) in [6.07, 6.45) is 2.27. The van der Waals surface area contributed by atoms with Gasteiger partial charge in [0.05, 0.1) is 17.7 Å². The van der Waals surface area contributed by atoms with Crippen molar-refractivity contribution in [2.75, 3.05) is 12.3 Å². The van der Waals surface area contributed by atoms with Crippen LogP contribution in [-0.4, -0.2) is 21.9 Å². The maximum absolute atomic E-state index is 12.6. The fourth-order valence-corrected chi connectivity index (χ4v) is 3.81. The number of aryl methyl sites for hydroxylation is 1. The summed E-state index contributed by atoms with van der Waals surface area (Å²) < 4.78 is 1.67. The zero-order valence-electron chi connectivity index (χ0n) is 12.0. The summed E-state index contributed by atoms with van der Waals surface area (Å²) in [6.45, 7) is 1.00. The van der Waals surface area contributed by atoms with Gasteiger partial charge in [-0.1, -0.05) is 0 Å². The van der Waals surface area contributed by atoms with E-state index in [1.165, 1.54) is 11.3 Å². The number of amides is 1. The lowest BCUT2D eigenvalue weighted by Crippen LogP contribution is -2.36. The Bertz CT molecular complexity index is 849. The van der Waals surface area contributed by atoms with Crippen molar-refractivity contribution in [2.45, 2.75) is 13.0 Å². The molecule has 1 aliphatic rings. The minimum Gasteiger partial charge on any atom is -0.389 e. The van der Waals surface area contributed by atoms with Crippen LogP contribution in [0.2, 0.25) is 0 Å². The predicted octanol–water partition coefficient (Wildman–Crippen LogP) is 1.61. The van der Waals surface area contributed by atoms with Crippen LogP contribution < -0.4 is 5.73 Å². The third kappa shape index (κ3) is 2.12. The van der Waals surface area contributed by atoms with Gasteiger partial charge in [0.15, 0.2) is 0 Å². The van der Waals surface area contributed by atoms with Gasteiger partial charge in [0.25, 0.3) is 5.91 Å². The number of nitriles is 2. The Morgan fingerprint density at radius 2 is 2.18 bits per heavy atom. The molecule has 6 nitrogen and oxygen atoms in total. The Kier molecular flexibility index (Phi) is 3.36. The number of hydrogen-bond donors (Lipinski definition) is 1. The highest BCUT2D eigenvalue weighted by Gasteiger charge is 2.27. The molecule has 2 aromatic rings. The van der Waals surface area contributed by atoms with Crippen molar-refractivity contribution >= 4 is 22.2 Å². The number of nitrogens with two attached hydrogens (primary N) is 1. The Labute approximate surface area is 131 Å². The second kappa shape index (κ2) is 5.21. The normalized spacial score (nSPS) is 13.3. The van der Waals surface area contributed by atoms with Gasteiger partial charge in [-0.3, -0.25) is 4.79 Å².